The second-order valence-corrected chi connectivity index (χ2v) is 26.8. The van der Waals surface area contributed by atoms with Crippen molar-refractivity contribution in [1.29, 1.82) is 0 Å². The van der Waals surface area contributed by atoms with E-state index in [1.165, 1.54) is 11.3 Å². The Labute approximate surface area is 612 Å². The number of carboxylic acids is 1. The van der Waals surface area contributed by atoms with Crippen LogP contribution in [0.1, 0.15) is 72.9 Å². The largest absolute Gasteiger partial charge is 0.479 e. The van der Waals surface area contributed by atoms with E-state index in [0.717, 1.165) is 200 Å². The molecule has 0 radical (unpaired) electrons. The fraction of sp³-hybridized carbons (Fsp3) is 0.313. The smallest absolute Gasteiger partial charge is 0.344 e. The molecule has 22 nitrogen and oxygen atoms in total. The Hall–Kier alpha value is -11.3. The molecular weight excluding hydrogens is 1320 g/mol. The predicted molar refractivity (Wildman–Crippen MR) is 411 cm³/mol. The third-order valence-electron chi connectivity index (χ3n) is 19.4. The normalized spacial score (nSPS) is 15.0. The Morgan fingerprint density at radius 1 is 0.448 bits per heavy atom. The Morgan fingerprint density at radius 3 is 1.39 bits per heavy atom. The molecule has 12 aromatic rings. The molecule has 15 rings (SSSR count). The standard InChI is InChI=1S/C29H33N5O3.C27H29N5O3.C27H29N5O/c1-3-36-26(35)21-37-29-22(2)19-23-9-7-13-30-27(23)28(29)33-15-8-14-32(17-18-33)20-24-12-16-34(31-24)25-10-5-4-6-11-25;1-20-17-21-7-5-11-28-25(21)26(27(20)35-19-24(33)34)31-13-6-12-30(15-16-31)18-22-10-14-32(29-22)23-8-3-2-4-9-23;1-20-11-12-22-8-6-14-28-25(22)26(20)30-15-7-16-31(19-18-30)27(21(2)33)24-13-17-32(29-24)23-9-4-3-5-10-23/h4-7,9-13,16,19H,3,8,14-15,17-18,20-21H2,1-2H3;2-5,7-11,14,17H,6,12-13,15-16,18-19H2,1H3,(H,33,34);3-6,8-14,17,27H,7,15-16,18-19H2,1-2H3. The highest BCUT2D eigenvalue weighted by atomic mass is 16.6. The lowest BCUT2D eigenvalue weighted by Gasteiger charge is -2.28. The number of hydrogen-bond acceptors (Lipinski definition) is 18. The Kier molecular flexibility index (Phi) is 23.5. The highest BCUT2D eigenvalue weighted by molar-refractivity contribution is 5.97. The number of benzene rings is 6. The van der Waals surface area contributed by atoms with Crippen LogP contribution in [-0.2, 0) is 32.2 Å². The van der Waals surface area contributed by atoms with Gasteiger partial charge in [-0.25, -0.2) is 23.6 Å². The number of para-hydroxylation sites is 3. The topological polar surface area (TPSA) is 211 Å². The van der Waals surface area contributed by atoms with Gasteiger partial charge in [-0.1, -0.05) is 84.9 Å². The summed E-state index contributed by atoms with van der Waals surface area (Å²) < 4.78 is 22.6. The number of aromatic nitrogens is 9. The first-order valence-electron chi connectivity index (χ1n) is 36.3. The number of rotatable bonds is 20. The fourth-order valence-electron chi connectivity index (χ4n) is 14.5. The summed E-state index contributed by atoms with van der Waals surface area (Å²) in [7, 11) is 0. The van der Waals surface area contributed by atoms with Crippen molar-refractivity contribution >= 4 is 67.5 Å². The summed E-state index contributed by atoms with van der Waals surface area (Å²) in [6.45, 7) is 21.5. The van der Waals surface area contributed by atoms with E-state index >= 15 is 0 Å². The van der Waals surface area contributed by atoms with Gasteiger partial charge in [0.1, 0.15) is 28.9 Å². The molecule has 540 valence electrons. The zero-order valence-corrected chi connectivity index (χ0v) is 60.5. The molecule has 3 aliphatic rings. The van der Waals surface area contributed by atoms with Crippen molar-refractivity contribution in [2.24, 2.45) is 0 Å². The van der Waals surface area contributed by atoms with Crippen molar-refractivity contribution in [3.05, 3.63) is 241 Å². The van der Waals surface area contributed by atoms with E-state index in [-0.39, 0.29) is 31.0 Å². The van der Waals surface area contributed by atoms with Crippen LogP contribution in [0.5, 0.6) is 11.5 Å². The van der Waals surface area contributed by atoms with E-state index < -0.39 is 5.97 Å². The van der Waals surface area contributed by atoms with Crippen LogP contribution >= 0.6 is 0 Å². The van der Waals surface area contributed by atoms with Crippen molar-refractivity contribution in [2.45, 2.75) is 73.0 Å². The monoisotopic (exact) mass is 1410 g/mol. The van der Waals surface area contributed by atoms with Gasteiger partial charge in [-0.2, -0.15) is 15.3 Å². The maximum absolute atomic E-state index is 12.8. The molecule has 1 unspecified atom stereocenters. The quantitative estimate of drug-likeness (QED) is 0.0703. The van der Waals surface area contributed by atoms with E-state index in [2.05, 4.69) is 101 Å². The van der Waals surface area contributed by atoms with Gasteiger partial charge in [-0.15, -0.1) is 0 Å². The molecule has 0 saturated carbocycles. The highest BCUT2D eigenvalue weighted by Gasteiger charge is 2.31. The zero-order chi connectivity index (χ0) is 72.6. The summed E-state index contributed by atoms with van der Waals surface area (Å²) in [5.74, 6) is 0.0760. The van der Waals surface area contributed by atoms with Gasteiger partial charge in [-0.05, 0) is 156 Å². The van der Waals surface area contributed by atoms with Crippen molar-refractivity contribution in [2.75, 3.05) is 113 Å². The number of fused-ring (bicyclic) bond motifs is 3. The van der Waals surface area contributed by atoms with Gasteiger partial charge in [0.25, 0.3) is 0 Å². The number of nitrogens with zero attached hydrogens (tertiary/aromatic N) is 15. The van der Waals surface area contributed by atoms with Crippen LogP contribution in [0.3, 0.4) is 0 Å². The molecular formula is C83H91N15O7. The second kappa shape index (κ2) is 34.3. The first kappa shape index (κ1) is 72.0. The second-order valence-electron chi connectivity index (χ2n) is 26.8. The minimum absolute atomic E-state index is 0.121. The average Bonchev–Trinajstić information content (AvgIpc) is 0.879. The van der Waals surface area contributed by atoms with Gasteiger partial charge in [0, 0.05) is 145 Å². The zero-order valence-electron chi connectivity index (χ0n) is 60.5. The molecule has 0 aliphatic carbocycles. The average molecular weight is 1410 g/mol. The first-order chi connectivity index (χ1) is 51.3. The lowest BCUT2D eigenvalue weighted by molar-refractivity contribution is -0.145. The Morgan fingerprint density at radius 2 is 0.895 bits per heavy atom. The minimum atomic E-state index is -0.992. The third-order valence-corrected chi connectivity index (χ3v) is 19.4. The number of aliphatic carboxylic acids is 1. The molecule has 0 bridgehead atoms. The van der Waals surface area contributed by atoms with E-state index in [9.17, 15) is 19.5 Å². The highest BCUT2D eigenvalue weighted by Crippen LogP contribution is 2.41. The molecule has 22 heteroatoms. The van der Waals surface area contributed by atoms with Crippen molar-refractivity contribution in [3.63, 3.8) is 0 Å². The maximum atomic E-state index is 12.8. The van der Waals surface area contributed by atoms with Gasteiger partial charge in [0.15, 0.2) is 19.0 Å². The SMILES string of the molecule is CC(=O)C(c1ccn(-c2ccccc2)n1)N1CCCN(c2c(C)ccc3cccnc23)CC1.CCOC(=O)COc1c(C)cc2cccnc2c1N1CCCN(Cc2ccn(-c3ccccc3)n2)CC1.Cc1cc2cccnc2c(N2CCCN(Cc3ccn(-c4ccccc4)n3)CC2)c1OCC(=O)O. The molecule has 3 aliphatic heterocycles. The number of hydrogen-bond donors (Lipinski definition) is 1. The molecule has 1 atom stereocenters. The predicted octanol–water partition coefficient (Wildman–Crippen LogP) is 12.9. The summed E-state index contributed by atoms with van der Waals surface area (Å²) >= 11 is 0. The maximum Gasteiger partial charge on any atom is 0.344 e. The summed E-state index contributed by atoms with van der Waals surface area (Å²) in [5.41, 5.74) is 15.0. The molecule has 0 amide bonds. The van der Waals surface area contributed by atoms with Crippen LogP contribution in [0.15, 0.2) is 207 Å². The summed E-state index contributed by atoms with van der Waals surface area (Å²) in [5, 5.41) is 26.8. The molecule has 1 N–H and O–H groups in total. The van der Waals surface area contributed by atoms with Crippen molar-refractivity contribution in [3.8, 4) is 28.6 Å². The lowest BCUT2D eigenvalue weighted by atomic mass is 10.1. The number of aryl methyl sites for hydroxylation is 3. The first-order valence-corrected chi connectivity index (χ1v) is 36.3. The Bertz CT molecular complexity index is 4910. The molecule has 0 spiro atoms. The van der Waals surface area contributed by atoms with E-state index in [1.807, 2.05) is 174 Å². The van der Waals surface area contributed by atoms with Gasteiger partial charge in [0.05, 0.1) is 63.0 Å². The summed E-state index contributed by atoms with van der Waals surface area (Å²) in [6.07, 6.45) is 14.4. The van der Waals surface area contributed by atoms with Crippen molar-refractivity contribution in [1.82, 2.24) is 59.0 Å². The van der Waals surface area contributed by atoms with E-state index in [0.29, 0.717) is 18.1 Å². The van der Waals surface area contributed by atoms with Crippen LogP contribution in [0.25, 0.3) is 49.8 Å². The number of ether oxygens (including phenoxy) is 3. The van der Waals surface area contributed by atoms with Crippen LogP contribution in [0.4, 0.5) is 17.1 Å². The van der Waals surface area contributed by atoms with Gasteiger partial charge < -0.3 is 34.0 Å². The molecule has 105 heavy (non-hydrogen) atoms. The number of carbonyl (C=O) groups excluding carboxylic acids is 2. The molecule has 9 heterocycles. The number of Topliss-reactive ketones (excluding diaryl/α,β-unsaturated/α-hetero) is 1. The third kappa shape index (κ3) is 17.7. The van der Waals surface area contributed by atoms with Gasteiger partial charge >= 0.3 is 11.9 Å². The van der Waals surface area contributed by atoms with Crippen molar-refractivity contribution < 1.29 is 33.7 Å². The Balaban J connectivity index is 0.000000140. The molecule has 6 aromatic carbocycles. The summed E-state index contributed by atoms with van der Waals surface area (Å²) in [6, 6.07) is 56.6. The van der Waals surface area contributed by atoms with Crippen LogP contribution in [-0.4, -0.2) is 180 Å². The molecule has 6 aromatic heterocycles. The van der Waals surface area contributed by atoms with Gasteiger partial charge in [0.2, 0.25) is 0 Å². The van der Waals surface area contributed by atoms with Crippen LogP contribution < -0.4 is 24.2 Å². The number of pyridine rings is 3. The minimum Gasteiger partial charge on any atom is -0.479 e. The molecule has 3 saturated heterocycles. The van der Waals surface area contributed by atoms with Crippen LogP contribution in [0, 0.1) is 20.8 Å². The number of carbonyl (C=O) groups is 3. The van der Waals surface area contributed by atoms with E-state index in [4.69, 9.17) is 34.5 Å². The number of esters is 1. The van der Waals surface area contributed by atoms with E-state index in [1.54, 1.807) is 20.0 Å². The fourth-order valence-corrected chi connectivity index (χ4v) is 14.5. The van der Waals surface area contributed by atoms with Gasteiger partial charge in [-0.3, -0.25) is 34.4 Å². The number of anilines is 3. The number of carboxylic acid groups (broad SMARTS) is 1. The number of ketones is 1. The lowest BCUT2D eigenvalue weighted by Crippen LogP contribution is -2.37. The molecule has 3 fully saturated rings. The summed E-state index contributed by atoms with van der Waals surface area (Å²) in [4.78, 5) is 64.3. The van der Waals surface area contributed by atoms with Crippen LogP contribution in [0.2, 0.25) is 0 Å².